The molecule has 150 valence electrons. The molecule has 3 aromatic rings. The number of anilines is 1. The lowest BCUT2D eigenvalue weighted by atomic mass is 9.88. The Morgan fingerprint density at radius 2 is 2.10 bits per heavy atom. The number of carboxylic acids is 1. The van der Waals surface area contributed by atoms with Crippen LogP contribution in [0.5, 0.6) is 5.75 Å². The first-order valence-electron chi connectivity index (χ1n) is 9.10. The Morgan fingerprint density at radius 3 is 2.83 bits per heavy atom. The maximum atomic E-state index is 13.8. The number of rotatable bonds is 5. The molecule has 1 amide bonds. The molecule has 2 N–H and O–H groups in total. The summed E-state index contributed by atoms with van der Waals surface area (Å²) >= 11 is 1.09. The van der Waals surface area contributed by atoms with E-state index in [1.165, 1.54) is 18.2 Å². The molecule has 7 heteroatoms. The van der Waals surface area contributed by atoms with E-state index in [2.05, 4.69) is 11.2 Å². The summed E-state index contributed by atoms with van der Waals surface area (Å²) in [5.41, 5.74) is 1.94. The van der Waals surface area contributed by atoms with Crippen molar-refractivity contribution >= 4 is 28.9 Å². The highest BCUT2D eigenvalue weighted by molar-refractivity contribution is 7.15. The first-order chi connectivity index (χ1) is 14.5. The van der Waals surface area contributed by atoms with Crippen molar-refractivity contribution in [2.24, 2.45) is 0 Å². The molecule has 0 fully saturated rings. The standard InChI is InChI=1S/C23H16FNO4S/c1-2-9-29-16-8-4-5-13(11-16)17-12-18(26)25-20-19(14-6-3-7-15(24)10-14)22(23(27)28)30-21(17)20/h1,3-8,10-11,17H,9,12H2,(H,25,26)(H,27,28)/t17-/m0/s1. The van der Waals surface area contributed by atoms with Crippen molar-refractivity contribution < 1.29 is 23.8 Å². The van der Waals surface area contributed by atoms with E-state index in [0.717, 1.165) is 16.9 Å². The number of hydrogen-bond acceptors (Lipinski definition) is 4. The van der Waals surface area contributed by atoms with Crippen LogP contribution in [-0.4, -0.2) is 23.6 Å². The molecule has 0 unspecified atom stereocenters. The molecule has 1 atom stereocenters. The molecular formula is C23H16FNO4S. The molecule has 0 spiro atoms. The molecule has 0 bridgehead atoms. The lowest BCUT2D eigenvalue weighted by Crippen LogP contribution is -2.22. The summed E-state index contributed by atoms with van der Waals surface area (Å²) in [4.78, 5) is 25.2. The molecule has 0 aliphatic carbocycles. The Bertz CT molecular complexity index is 1190. The van der Waals surface area contributed by atoms with Crippen LogP contribution in [0.4, 0.5) is 10.1 Å². The number of nitrogens with one attached hydrogen (secondary N) is 1. The number of ether oxygens (including phenoxy) is 1. The predicted molar refractivity (Wildman–Crippen MR) is 113 cm³/mol. The number of carbonyl (C=O) groups excluding carboxylic acids is 1. The van der Waals surface area contributed by atoms with Crippen LogP contribution in [0, 0.1) is 18.2 Å². The van der Waals surface area contributed by atoms with Gasteiger partial charge in [-0.3, -0.25) is 4.79 Å². The van der Waals surface area contributed by atoms with E-state index in [0.29, 0.717) is 27.4 Å². The molecule has 1 aliphatic heterocycles. The second kappa shape index (κ2) is 8.01. The highest BCUT2D eigenvalue weighted by atomic mass is 32.1. The topological polar surface area (TPSA) is 75.6 Å². The number of hydrogen-bond donors (Lipinski definition) is 2. The van der Waals surface area contributed by atoms with Crippen LogP contribution in [0.25, 0.3) is 11.1 Å². The molecular weight excluding hydrogens is 405 g/mol. The van der Waals surface area contributed by atoms with Crippen LogP contribution >= 0.6 is 11.3 Å². The maximum Gasteiger partial charge on any atom is 0.346 e. The number of benzene rings is 2. The summed E-state index contributed by atoms with van der Waals surface area (Å²) in [6, 6.07) is 12.9. The van der Waals surface area contributed by atoms with Gasteiger partial charge in [-0.2, -0.15) is 0 Å². The molecule has 2 aromatic carbocycles. The fourth-order valence-electron chi connectivity index (χ4n) is 3.57. The highest BCUT2D eigenvalue weighted by Crippen LogP contribution is 2.49. The maximum absolute atomic E-state index is 13.8. The van der Waals surface area contributed by atoms with Gasteiger partial charge in [-0.05, 0) is 35.4 Å². The molecule has 5 nitrogen and oxygen atoms in total. The van der Waals surface area contributed by atoms with E-state index in [9.17, 15) is 19.1 Å². The summed E-state index contributed by atoms with van der Waals surface area (Å²) in [5, 5.41) is 12.6. The largest absolute Gasteiger partial charge is 0.481 e. The summed E-state index contributed by atoms with van der Waals surface area (Å²) in [6.07, 6.45) is 5.40. The van der Waals surface area contributed by atoms with Crippen molar-refractivity contribution in [3.8, 4) is 29.2 Å². The number of halogens is 1. The number of aromatic carboxylic acids is 1. The quantitative estimate of drug-likeness (QED) is 0.584. The Kier molecular flexibility index (Phi) is 5.25. The van der Waals surface area contributed by atoms with Crippen LogP contribution in [0.2, 0.25) is 0 Å². The molecule has 0 saturated carbocycles. The smallest absolute Gasteiger partial charge is 0.346 e. The van der Waals surface area contributed by atoms with Gasteiger partial charge in [0.15, 0.2) is 0 Å². The van der Waals surface area contributed by atoms with Crippen LogP contribution in [0.15, 0.2) is 48.5 Å². The zero-order chi connectivity index (χ0) is 21.3. The number of terminal acetylenes is 1. The molecule has 30 heavy (non-hydrogen) atoms. The van der Waals surface area contributed by atoms with Gasteiger partial charge in [-0.1, -0.05) is 30.2 Å². The molecule has 1 aliphatic rings. The zero-order valence-electron chi connectivity index (χ0n) is 15.6. The van der Waals surface area contributed by atoms with Gasteiger partial charge >= 0.3 is 5.97 Å². The van der Waals surface area contributed by atoms with Crippen LogP contribution < -0.4 is 10.1 Å². The third kappa shape index (κ3) is 3.65. The molecule has 0 radical (unpaired) electrons. The minimum absolute atomic E-state index is 0.0533. The van der Waals surface area contributed by atoms with Gasteiger partial charge < -0.3 is 15.2 Å². The second-order valence-electron chi connectivity index (χ2n) is 6.73. The number of fused-ring (bicyclic) bond motifs is 1. The van der Waals surface area contributed by atoms with Crippen LogP contribution in [0.1, 0.15) is 32.5 Å². The zero-order valence-corrected chi connectivity index (χ0v) is 16.5. The van der Waals surface area contributed by atoms with Gasteiger partial charge in [0, 0.05) is 22.8 Å². The van der Waals surface area contributed by atoms with Crippen molar-refractivity contribution in [1.29, 1.82) is 0 Å². The average molecular weight is 421 g/mol. The van der Waals surface area contributed by atoms with E-state index in [-0.39, 0.29) is 29.7 Å². The minimum Gasteiger partial charge on any atom is -0.481 e. The molecule has 0 saturated heterocycles. The van der Waals surface area contributed by atoms with E-state index >= 15 is 0 Å². The Balaban J connectivity index is 1.87. The predicted octanol–water partition coefficient (Wildman–Crippen LogP) is 4.74. The van der Waals surface area contributed by atoms with Crippen molar-refractivity contribution in [2.45, 2.75) is 12.3 Å². The number of carbonyl (C=O) groups is 2. The molecule has 1 aromatic heterocycles. The van der Waals surface area contributed by atoms with E-state index in [1.54, 1.807) is 24.3 Å². The van der Waals surface area contributed by atoms with Crippen molar-refractivity contribution in [3.05, 3.63) is 69.7 Å². The molecule has 2 heterocycles. The summed E-state index contributed by atoms with van der Waals surface area (Å²) in [5.74, 6) is 0.760. The number of thiophene rings is 1. The number of amides is 1. The van der Waals surface area contributed by atoms with Gasteiger partial charge in [0.25, 0.3) is 0 Å². The molecule has 4 rings (SSSR count). The second-order valence-corrected chi connectivity index (χ2v) is 7.78. The van der Waals surface area contributed by atoms with Gasteiger partial charge in [-0.25, -0.2) is 9.18 Å². The fraction of sp³-hybridized carbons (Fsp3) is 0.130. The highest BCUT2D eigenvalue weighted by Gasteiger charge is 2.34. The fourth-order valence-corrected chi connectivity index (χ4v) is 4.82. The Hall–Kier alpha value is -3.63. The summed E-state index contributed by atoms with van der Waals surface area (Å²) in [7, 11) is 0. The van der Waals surface area contributed by atoms with E-state index < -0.39 is 11.8 Å². The van der Waals surface area contributed by atoms with Crippen molar-refractivity contribution in [3.63, 3.8) is 0 Å². The van der Waals surface area contributed by atoms with E-state index in [4.69, 9.17) is 11.2 Å². The minimum atomic E-state index is -1.13. The first-order valence-corrected chi connectivity index (χ1v) is 9.91. The first kappa shape index (κ1) is 19.7. The van der Waals surface area contributed by atoms with Crippen molar-refractivity contribution in [1.82, 2.24) is 0 Å². The Labute approximate surface area is 176 Å². The summed E-state index contributed by atoms with van der Waals surface area (Å²) < 4.78 is 19.3. The normalized spacial score (nSPS) is 15.1. The van der Waals surface area contributed by atoms with Gasteiger partial charge in [0.1, 0.15) is 23.1 Å². The average Bonchev–Trinajstić information content (AvgIpc) is 3.11. The lowest BCUT2D eigenvalue weighted by molar-refractivity contribution is -0.116. The lowest BCUT2D eigenvalue weighted by Gasteiger charge is -2.24. The SMILES string of the molecule is C#CCOc1cccc([C@@H]2CC(=O)Nc3c2sc(C(=O)O)c3-c2cccc(F)c2)c1. The number of carboxylic acid groups (broad SMARTS) is 1. The Morgan fingerprint density at radius 1 is 1.30 bits per heavy atom. The van der Waals surface area contributed by atoms with Gasteiger partial charge in [-0.15, -0.1) is 17.8 Å². The van der Waals surface area contributed by atoms with Crippen LogP contribution in [-0.2, 0) is 4.79 Å². The summed E-state index contributed by atoms with van der Waals surface area (Å²) in [6.45, 7) is 0.117. The van der Waals surface area contributed by atoms with E-state index in [1.807, 2.05) is 6.07 Å². The third-order valence-electron chi connectivity index (χ3n) is 4.80. The third-order valence-corrected chi connectivity index (χ3v) is 6.09. The van der Waals surface area contributed by atoms with Crippen LogP contribution in [0.3, 0.4) is 0 Å². The van der Waals surface area contributed by atoms with Crippen molar-refractivity contribution in [2.75, 3.05) is 11.9 Å². The van der Waals surface area contributed by atoms with Gasteiger partial charge in [0.2, 0.25) is 5.91 Å². The monoisotopic (exact) mass is 421 g/mol. The van der Waals surface area contributed by atoms with Gasteiger partial charge in [0.05, 0.1) is 5.69 Å².